The number of aliphatic carboxylic acids is 1. The Labute approximate surface area is 123 Å². The van der Waals surface area contributed by atoms with Crippen LogP contribution in [0.15, 0.2) is 0 Å². The van der Waals surface area contributed by atoms with Gasteiger partial charge in [0.1, 0.15) is 6.04 Å². The Morgan fingerprint density at radius 3 is 2.45 bits per heavy atom. The van der Waals surface area contributed by atoms with Crippen LogP contribution in [0.5, 0.6) is 0 Å². The summed E-state index contributed by atoms with van der Waals surface area (Å²) in [6, 6.07) is -0.535. The topological polar surface area (TPSA) is 81.7 Å². The number of piperidine rings is 1. The molecule has 0 saturated carbocycles. The van der Waals surface area contributed by atoms with Gasteiger partial charge in [0, 0.05) is 17.8 Å². The minimum atomic E-state index is -0.798. The summed E-state index contributed by atoms with van der Waals surface area (Å²) < 4.78 is -0.330. The predicted molar refractivity (Wildman–Crippen MR) is 78.7 cm³/mol. The van der Waals surface area contributed by atoms with Crippen molar-refractivity contribution in [1.29, 1.82) is 0 Å². The highest BCUT2D eigenvalue weighted by atomic mass is 32.2. The van der Waals surface area contributed by atoms with E-state index in [0.717, 1.165) is 12.8 Å². The molecule has 1 atom stereocenters. The van der Waals surface area contributed by atoms with Gasteiger partial charge in [-0.05, 0) is 33.7 Å². The smallest absolute Gasteiger partial charge is 0.322 e. The van der Waals surface area contributed by atoms with Crippen LogP contribution in [0.25, 0.3) is 0 Å². The summed E-state index contributed by atoms with van der Waals surface area (Å²) in [6.07, 6.45) is 1.58. The lowest BCUT2D eigenvalue weighted by molar-refractivity contribution is -0.140. The monoisotopic (exact) mass is 301 g/mol. The summed E-state index contributed by atoms with van der Waals surface area (Å²) in [6.45, 7) is 5.66. The van der Waals surface area contributed by atoms with Crippen molar-refractivity contribution in [1.82, 2.24) is 15.5 Å². The average Bonchev–Trinajstić information content (AvgIpc) is 2.62. The molecule has 2 fully saturated rings. The molecule has 0 aromatic carbocycles. The zero-order valence-corrected chi connectivity index (χ0v) is 13.0. The molecule has 114 valence electrons. The van der Waals surface area contributed by atoms with Gasteiger partial charge in [0.25, 0.3) is 0 Å². The van der Waals surface area contributed by atoms with Crippen LogP contribution in [-0.4, -0.2) is 64.2 Å². The van der Waals surface area contributed by atoms with E-state index in [0.29, 0.717) is 19.6 Å². The van der Waals surface area contributed by atoms with Crippen LogP contribution in [0.1, 0.15) is 26.7 Å². The van der Waals surface area contributed by atoms with E-state index < -0.39 is 12.0 Å². The van der Waals surface area contributed by atoms with E-state index in [1.165, 1.54) is 0 Å². The normalized spacial score (nSPS) is 27.8. The number of nitrogens with zero attached hydrogens (tertiary/aromatic N) is 1. The van der Waals surface area contributed by atoms with Crippen LogP contribution >= 0.6 is 11.8 Å². The summed E-state index contributed by atoms with van der Waals surface area (Å²) >= 11 is 1.71. The Hall–Kier alpha value is -0.790. The molecule has 0 aliphatic carbocycles. The Bertz CT molecular complexity index is 406. The third-order valence-electron chi connectivity index (χ3n) is 4.06. The number of nitrogens with one attached hydrogen (secondary N) is 2. The van der Waals surface area contributed by atoms with Crippen LogP contribution in [-0.2, 0) is 9.59 Å². The SMILES string of the molecule is CNCC(=O)N1CCC2(CC1)NC(C(=O)O)C(C)(C)S2. The lowest BCUT2D eigenvalue weighted by Gasteiger charge is -2.39. The molecule has 2 saturated heterocycles. The molecule has 2 rings (SSSR count). The van der Waals surface area contributed by atoms with Crippen LogP contribution in [0, 0.1) is 0 Å². The van der Waals surface area contributed by atoms with Crippen molar-refractivity contribution in [2.45, 2.75) is 42.3 Å². The van der Waals surface area contributed by atoms with Crippen LogP contribution in [0.2, 0.25) is 0 Å². The Kier molecular flexibility index (Phi) is 4.32. The number of carboxylic acids is 1. The minimum Gasteiger partial charge on any atom is -0.480 e. The molecule has 3 N–H and O–H groups in total. The predicted octanol–water partition coefficient (Wildman–Crippen LogP) is 0.0927. The maximum Gasteiger partial charge on any atom is 0.322 e. The fourth-order valence-corrected chi connectivity index (χ4v) is 4.86. The van der Waals surface area contributed by atoms with E-state index in [-0.39, 0.29) is 15.5 Å². The Balaban J connectivity index is 2.00. The lowest BCUT2D eigenvalue weighted by atomic mass is 9.99. The third-order valence-corrected chi connectivity index (χ3v) is 5.74. The highest BCUT2D eigenvalue weighted by molar-refractivity contribution is 8.02. The first-order valence-electron chi connectivity index (χ1n) is 6.93. The molecule has 2 heterocycles. The number of likely N-dealkylation sites (tertiary alicyclic amines) is 1. The fourth-order valence-electron chi connectivity index (χ4n) is 3.01. The summed E-state index contributed by atoms with van der Waals surface area (Å²) in [5.74, 6) is -0.688. The van der Waals surface area contributed by atoms with Gasteiger partial charge in [-0.25, -0.2) is 0 Å². The van der Waals surface area contributed by atoms with Crippen molar-refractivity contribution in [3.63, 3.8) is 0 Å². The third kappa shape index (κ3) is 2.94. The van der Waals surface area contributed by atoms with Crippen molar-refractivity contribution in [2.75, 3.05) is 26.7 Å². The Morgan fingerprint density at radius 1 is 1.40 bits per heavy atom. The van der Waals surface area contributed by atoms with Gasteiger partial charge < -0.3 is 15.3 Å². The largest absolute Gasteiger partial charge is 0.480 e. The molecule has 0 aromatic rings. The number of thioether (sulfide) groups is 1. The number of carbonyl (C=O) groups is 2. The minimum absolute atomic E-state index is 0.111. The van der Waals surface area contributed by atoms with Crippen molar-refractivity contribution in [3.8, 4) is 0 Å². The molecule has 1 amide bonds. The number of amides is 1. The summed E-state index contributed by atoms with van der Waals surface area (Å²) in [4.78, 5) is 24.8. The number of rotatable bonds is 3. The van der Waals surface area contributed by atoms with Gasteiger partial charge in [-0.15, -0.1) is 11.8 Å². The van der Waals surface area contributed by atoms with Gasteiger partial charge >= 0.3 is 5.97 Å². The maximum absolute atomic E-state index is 11.8. The van der Waals surface area contributed by atoms with E-state index in [1.54, 1.807) is 18.8 Å². The Morgan fingerprint density at radius 2 is 2.00 bits per heavy atom. The molecule has 7 heteroatoms. The maximum atomic E-state index is 11.8. The quantitative estimate of drug-likeness (QED) is 0.685. The number of hydrogen-bond donors (Lipinski definition) is 3. The summed E-state index contributed by atoms with van der Waals surface area (Å²) in [5.41, 5.74) is 0. The molecule has 20 heavy (non-hydrogen) atoms. The second-order valence-corrected chi connectivity index (χ2v) is 8.06. The molecule has 0 bridgehead atoms. The van der Waals surface area contributed by atoms with Crippen LogP contribution in [0.4, 0.5) is 0 Å². The number of carboxylic acid groups (broad SMARTS) is 1. The van der Waals surface area contributed by atoms with Crippen molar-refractivity contribution >= 4 is 23.6 Å². The first-order chi connectivity index (χ1) is 9.30. The number of carbonyl (C=O) groups excluding carboxylic acids is 1. The van der Waals surface area contributed by atoms with E-state index in [9.17, 15) is 14.7 Å². The average molecular weight is 301 g/mol. The van der Waals surface area contributed by atoms with Gasteiger partial charge in [-0.1, -0.05) is 0 Å². The fraction of sp³-hybridized carbons (Fsp3) is 0.846. The molecular weight excluding hydrogens is 278 g/mol. The molecule has 1 unspecified atom stereocenters. The molecule has 1 spiro atoms. The lowest BCUT2D eigenvalue weighted by Crippen LogP contribution is -2.54. The molecule has 6 nitrogen and oxygen atoms in total. The molecular formula is C13H23N3O3S. The number of likely N-dealkylation sites (N-methyl/N-ethyl adjacent to an activating group) is 1. The first-order valence-corrected chi connectivity index (χ1v) is 7.74. The first kappa shape index (κ1) is 15.6. The van der Waals surface area contributed by atoms with Gasteiger partial charge in [0.05, 0.1) is 11.4 Å². The van der Waals surface area contributed by atoms with E-state index in [1.807, 2.05) is 18.7 Å². The molecule has 2 aliphatic rings. The molecule has 0 aromatic heterocycles. The van der Waals surface area contributed by atoms with Crippen molar-refractivity contribution < 1.29 is 14.7 Å². The second kappa shape index (κ2) is 5.54. The van der Waals surface area contributed by atoms with E-state index >= 15 is 0 Å². The van der Waals surface area contributed by atoms with Crippen LogP contribution in [0.3, 0.4) is 0 Å². The molecule has 2 aliphatic heterocycles. The number of hydrogen-bond acceptors (Lipinski definition) is 5. The second-order valence-electron chi connectivity index (χ2n) is 6.03. The van der Waals surface area contributed by atoms with Crippen molar-refractivity contribution in [2.24, 2.45) is 0 Å². The molecule has 0 radical (unpaired) electrons. The standard InChI is InChI=1S/C13H23N3O3S/c1-12(2)10(11(18)19)15-13(20-12)4-6-16(7-5-13)9(17)8-14-3/h10,14-15H,4-8H2,1-3H3,(H,18,19). The van der Waals surface area contributed by atoms with Crippen molar-refractivity contribution in [3.05, 3.63) is 0 Å². The van der Waals surface area contributed by atoms with Gasteiger partial charge in [-0.2, -0.15) is 0 Å². The van der Waals surface area contributed by atoms with Gasteiger partial charge in [0.2, 0.25) is 5.91 Å². The van der Waals surface area contributed by atoms with E-state index in [4.69, 9.17) is 0 Å². The van der Waals surface area contributed by atoms with Gasteiger partial charge in [0.15, 0.2) is 0 Å². The zero-order valence-electron chi connectivity index (χ0n) is 12.2. The zero-order chi connectivity index (χ0) is 15.0. The van der Waals surface area contributed by atoms with E-state index in [2.05, 4.69) is 10.6 Å². The summed E-state index contributed by atoms with van der Waals surface area (Å²) in [5, 5.41) is 15.5. The highest BCUT2D eigenvalue weighted by Crippen LogP contribution is 2.49. The van der Waals surface area contributed by atoms with Gasteiger partial charge in [-0.3, -0.25) is 14.9 Å². The summed E-state index contributed by atoms with van der Waals surface area (Å²) in [7, 11) is 1.76. The van der Waals surface area contributed by atoms with Crippen LogP contribution < -0.4 is 10.6 Å². The highest BCUT2D eigenvalue weighted by Gasteiger charge is 2.54.